The van der Waals surface area contributed by atoms with E-state index in [1.165, 1.54) is 17.2 Å². The predicted molar refractivity (Wildman–Crippen MR) is 191 cm³/mol. The van der Waals surface area contributed by atoms with Gasteiger partial charge in [0, 0.05) is 24.0 Å². The zero-order chi connectivity index (χ0) is 36.2. The van der Waals surface area contributed by atoms with Crippen molar-refractivity contribution in [2.24, 2.45) is 0 Å². The lowest BCUT2D eigenvalue weighted by atomic mass is 10.1. The number of carbonyl (C=O) groups excluding carboxylic acids is 2. The maximum atomic E-state index is 12.4. The molecule has 6 aromatic rings. The smallest absolute Gasteiger partial charge is 0.256 e. The molecule has 8 rings (SSSR count). The van der Waals surface area contributed by atoms with Crippen LogP contribution < -0.4 is 10.6 Å². The van der Waals surface area contributed by atoms with Gasteiger partial charge < -0.3 is 35.4 Å². The summed E-state index contributed by atoms with van der Waals surface area (Å²) < 4.78 is 14.7. The van der Waals surface area contributed by atoms with Gasteiger partial charge in [0.25, 0.3) is 11.8 Å². The monoisotopic (exact) mass is 724 g/mol. The standard InChI is InChI=1S/C18H19N5O3.C17H17N5O4.CH4/c1-2-14-13(24)8-15(26-14)12-9-19-17-16(20-10-21-23(12)17)22-18(25)11-6-4-3-5-7-11;23-8-14-12(24)6-13(26-14)11-7-18-16-15(19-9-20-22(11)16)21-17(25)10-4-2-1-3-5-10;/h3-7,9-10,13-15,24H,2,8H2,1H3,(H,20,21,22,25);1-5,7,9,12-14,23-24H,6,8H2,(H,19,20,21,25);1H4/t13-,14+,15+;12-,13+,14+;/m00./s1. The first-order valence-corrected chi connectivity index (χ1v) is 16.7. The van der Waals surface area contributed by atoms with Crippen molar-refractivity contribution in [3.05, 3.63) is 108 Å². The molecule has 0 saturated carbocycles. The van der Waals surface area contributed by atoms with Crippen molar-refractivity contribution >= 4 is 34.7 Å². The number of benzene rings is 2. The number of aliphatic hydroxyl groups excluding tert-OH is 3. The van der Waals surface area contributed by atoms with E-state index in [2.05, 4.69) is 40.8 Å². The molecule has 5 N–H and O–H groups in total. The SMILES string of the molecule is C.CC[C@H]1O[C@@H](c2cnc3c(NC(=O)c4ccccc4)ncnn23)C[C@@H]1O.O=C(Nc1ncnn2c([C@H]3C[C@H](O)[C@@H](CO)O3)cnc12)c1ccccc1. The Morgan fingerprint density at radius 2 is 1.15 bits per heavy atom. The number of anilines is 2. The van der Waals surface area contributed by atoms with Gasteiger partial charge in [-0.2, -0.15) is 10.2 Å². The minimum absolute atomic E-state index is 0. The van der Waals surface area contributed by atoms with E-state index in [4.69, 9.17) is 9.47 Å². The van der Waals surface area contributed by atoms with Gasteiger partial charge in [-0.05, 0) is 30.7 Å². The Morgan fingerprint density at radius 3 is 1.55 bits per heavy atom. The Balaban J connectivity index is 0.000000178. The lowest BCUT2D eigenvalue weighted by molar-refractivity contribution is -0.0240. The molecule has 17 heteroatoms. The molecular formula is C36H40N10O7. The van der Waals surface area contributed by atoms with Gasteiger partial charge in [0.1, 0.15) is 31.0 Å². The lowest BCUT2D eigenvalue weighted by Gasteiger charge is -2.12. The Hall–Kier alpha value is -5.72. The number of ether oxygens (including phenoxy) is 2. The average molecular weight is 725 g/mol. The van der Waals surface area contributed by atoms with Gasteiger partial charge in [0.2, 0.25) is 0 Å². The minimum atomic E-state index is -0.755. The van der Waals surface area contributed by atoms with Gasteiger partial charge in [-0.25, -0.2) is 29.0 Å². The number of carbonyl (C=O) groups is 2. The highest BCUT2D eigenvalue weighted by Crippen LogP contribution is 2.35. The summed E-state index contributed by atoms with van der Waals surface area (Å²) in [6, 6.07) is 17.7. The number of nitrogens with one attached hydrogen (secondary N) is 2. The van der Waals surface area contributed by atoms with Crippen LogP contribution in [0.5, 0.6) is 0 Å². The Kier molecular flexibility index (Phi) is 11.4. The molecule has 2 amide bonds. The van der Waals surface area contributed by atoms with Crippen LogP contribution in [0.15, 0.2) is 85.7 Å². The molecule has 4 aromatic heterocycles. The summed E-state index contributed by atoms with van der Waals surface area (Å²) in [6.45, 7) is 1.71. The number of nitrogens with zero attached hydrogens (tertiary/aromatic N) is 8. The molecule has 53 heavy (non-hydrogen) atoms. The molecule has 0 spiro atoms. The number of amides is 2. The summed E-state index contributed by atoms with van der Waals surface area (Å²) in [6.07, 6.45) is 4.62. The van der Waals surface area contributed by atoms with Gasteiger partial charge in [0.15, 0.2) is 22.9 Å². The number of aliphatic hydroxyl groups is 3. The molecule has 2 aliphatic rings. The highest BCUT2D eigenvalue weighted by Gasteiger charge is 2.37. The third kappa shape index (κ3) is 7.74. The van der Waals surface area contributed by atoms with Gasteiger partial charge in [-0.15, -0.1) is 0 Å². The molecule has 2 fully saturated rings. The van der Waals surface area contributed by atoms with Crippen LogP contribution >= 0.6 is 0 Å². The van der Waals surface area contributed by atoms with Gasteiger partial charge in [-0.1, -0.05) is 50.7 Å². The molecule has 0 unspecified atom stereocenters. The maximum absolute atomic E-state index is 12.4. The predicted octanol–water partition coefficient (Wildman–Crippen LogP) is 3.17. The molecule has 0 bridgehead atoms. The fraction of sp³-hybridized carbons (Fsp3) is 0.333. The van der Waals surface area contributed by atoms with E-state index in [0.717, 1.165) is 12.1 Å². The Labute approximate surface area is 303 Å². The fourth-order valence-electron chi connectivity index (χ4n) is 6.19. The fourth-order valence-corrected chi connectivity index (χ4v) is 6.19. The highest BCUT2D eigenvalue weighted by molar-refractivity contribution is 6.05. The van der Waals surface area contributed by atoms with Crippen molar-refractivity contribution in [3.63, 3.8) is 0 Å². The first-order valence-electron chi connectivity index (χ1n) is 16.7. The van der Waals surface area contributed by atoms with Crippen LogP contribution in [0.2, 0.25) is 0 Å². The van der Waals surface area contributed by atoms with E-state index < -0.39 is 24.4 Å². The van der Waals surface area contributed by atoms with E-state index in [1.807, 2.05) is 19.1 Å². The third-order valence-corrected chi connectivity index (χ3v) is 8.89. The largest absolute Gasteiger partial charge is 0.394 e. The molecule has 6 atom stereocenters. The van der Waals surface area contributed by atoms with Gasteiger partial charge in [0.05, 0.1) is 48.7 Å². The number of hydrogen-bond donors (Lipinski definition) is 5. The number of hydrogen-bond acceptors (Lipinski definition) is 13. The zero-order valence-corrected chi connectivity index (χ0v) is 27.9. The van der Waals surface area contributed by atoms with Gasteiger partial charge >= 0.3 is 0 Å². The van der Waals surface area contributed by atoms with E-state index in [-0.39, 0.29) is 43.9 Å². The molecule has 2 aromatic carbocycles. The normalized spacial score (nSPS) is 22.2. The Bertz CT molecular complexity index is 2010. The molecule has 0 aliphatic carbocycles. The molecule has 6 heterocycles. The Morgan fingerprint density at radius 1 is 0.717 bits per heavy atom. The third-order valence-electron chi connectivity index (χ3n) is 8.89. The van der Waals surface area contributed by atoms with E-state index >= 15 is 0 Å². The number of imidazole rings is 2. The van der Waals surface area contributed by atoms with Crippen molar-refractivity contribution in [3.8, 4) is 0 Å². The molecular weight excluding hydrogens is 684 g/mol. The second kappa shape index (κ2) is 16.3. The van der Waals surface area contributed by atoms with Crippen molar-refractivity contribution in [2.75, 3.05) is 17.2 Å². The topological polar surface area (TPSA) is 224 Å². The van der Waals surface area contributed by atoms with Crippen LogP contribution in [0.1, 0.15) is 77.9 Å². The van der Waals surface area contributed by atoms with E-state index in [9.17, 15) is 24.9 Å². The first-order chi connectivity index (χ1) is 25.3. The first kappa shape index (κ1) is 37.1. The maximum Gasteiger partial charge on any atom is 0.256 e. The van der Waals surface area contributed by atoms with Crippen LogP contribution in [-0.4, -0.2) is 97.3 Å². The second-order valence-electron chi connectivity index (χ2n) is 12.2. The van der Waals surface area contributed by atoms with Gasteiger partial charge in [-0.3, -0.25) is 9.59 Å². The van der Waals surface area contributed by atoms with Crippen LogP contribution in [0.4, 0.5) is 11.6 Å². The lowest BCUT2D eigenvalue weighted by Crippen LogP contribution is -2.24. The van der Waals surface area contributed by atoms with Crippen LogP contribution in [0, 0.1) is 0 Å². The molecule has 0 radical (unpaired) electrons. The van der Waals surface area contributed by atoms with Crippen LogP contribution in [-0.2, 0) is 9.47 Å². The number of aromatic nitrogens is 8. The highest BCUT2D eigenvalue weighted by atomic mass is 16.5. The second-order valence-corrected chi connectivity index (χ2v) is 12.2. The number of rotatable bonds is 8. The van der Waals surface area contributed by atoms with E-state index in [0.29, 0.717) is 46.8 Å². The molecule has 17 nitrogen and oxygen atoms in total. The minimum Gasteiger partial charge on any atom is -0.394 e. The summed E-state index contributed by atoms with van der Waals surface area (Å²) in [5.74, 6) is 0.0287. The quantitative estimate of drug-likeness (QED) is 0.152. The van der Waals surface area contributed by atoms with Crippen molar-refractivity contribution in [1.29, 1.82) is 0 Å². The molecule has 2 saturated heterocycles. The summed E-state index contributed by atoms with van der Waals surface area (Å²) in [4.78, 5) is 41.6. The summed E-state index contributed by atoms with van der Waals surface area (Å²) in [7, 11) is 0. The van der Waals surface area contributed by atoms with E-state index in [1.54, 1.807) is 65.4 Å². The summed E-state index contributed by atoms with van der Waals surface area (Å²) in [5, 5.41) is 43.1. The summed E-state index contributed by atoms with van der Waals surface area (Å²) in [5.41, 5.74) is 3.19. The van der Waals surface area contributed by atoms with Crippen molar-refractivity contribution < 1.29 is 34.4 Å². The van der Waals surface area contributed by atoms with Crippen LogP contribution in [0.3, 0.4) is 0 Å². The summed E-state index contributed by atoms with van der Waals surface area (Å²) >= 11 is 0. The molecule has 276 valence electrons. The number of fused-ring (bicyclic) bond motifs is 2. The van der Waals surface area contributed by atoms with Crippen molar-refractivity contribution in [1.82, 2.24) is 39.2 Å². The molecule has 2 aliphatic heterocycles. The zero-order valence-electron chi connectivity index (χ0n) is 27.9. The van der Waals surface area contributed by atoms with Crippen LogP contribution in [0.25, 0.3) is 11.3 Å². The van der Waals surface area contributed by atoms with Crippen molar-refractivity contribution in [2.45, 2.75) is 70.2 Å². The average Bonchev–Trinajstić information content (AvgIpc) is 3.97.